The fourth-order valence-electron chi connectivity index (χ4n) is 3.34. The van der Waals surface area contributed by atoms with Gasteiger partial charge in [0.2, 0.25) is 5.91 Å². The summed E-state index contributed by atoms with van der Waals surface area (Å²) < 4.78 is 0. The van der Waals surface area contributed by atoms with E-state index in [1.807, 2.05) is 0 Å². The van der Waals surface area contributed by atoms with Crippen molar-refractivity contribution >= 4 is 5.91 Å². The molecule has 0 aliphatic carbocycles. The smallest absolute Gasteiger partial charge is 0.223 e. The molecule has 2 fully saturated rings. The number of hydrogen-bond donors (Lipinski definition) is 1. The van der Waals surface area contributed by atoms with Crippen LogP contribution in [0.4, 0.5) is 0 Å². The Labute approximate surface area is 98.4 Å². The van der Waals surface area contributed by atoms with Crippen molar-refractivity contribution in [1.82, 2.24) is 4.90 Å². The first kappa shape index (κ1) is 11.9. The lowest BCUT2D eigenvalue weighted by Crippen LogP contribution is -2.48. The molecule has 0 aromatic carbocycles. The summed E-state index contributed by atoms with van der Waals surface area (Å²) in [6, 6.07) is 0.997. The molecule has 2 atom stereocenters. The van der Waals surface area contributed by atoms with Gasteiger partial charge in [0.1, 0.15) is 0 Å². The molecule has 16 heavy (non-hydrogen) atoms. The maximum Gasteiger partial charge on any atom is 0.223 e. The van der Waals surface area contributed by atoms with E-state index in [0.717, 1.165) is 19.4 Å². The molecule has 2 saturated heterocycles. The van der Waals surface area contributed by atoms with E-state index < -0.39 is 0 Å². The van der Waals surface area contributed by atoms with Gasteiger partial charge in [-0.05, 0) is 44.1 Å². The van der Waals surface area contributed by atoms with E-state index in [1.54, 1.807) is 0 Å². The summed E-state index contributed by atoms with van der Waals surface area (Å²) in [5.41, 5.74) is 5.75. The van der Waals surface area contributed by atoms with Crippen molar-refractivity contribution in [2.75, 3.05) is 6.54 Å². The average molecular weight is 224 g/mol. The number of piperidine rings is 1. The minimum absolute atomic E-state index is 0.373. The molecule has 92 valence electrons. The third-order valence-corrected chi connectivity index (χ3v) is 4.03. The Morgan fingerprint density at radius 3 is 2.31 bits per heavy atom. The molecule has 1 amide bonds. The van der Waals surface area contributed by atoms with Crippen LogP contribution < -0.4 is 5.73 Å². The highest BCUT2D eigenvalue weighted by molar-refractivity contribution is 5.77. The standard InChI is InChI=1S/C13H24N2O/c1-9(2)5-13(16)15-11-3-4-12(15)7-10(6-11)8-14/h9-12H,3-8,14H2,1-2H3/t11-,12-/m0/s1. The molecular formula is C13H24N2O. The molecule has 0 aromatic heterocycles. The maximum absolute atomic E-state index is 12.2. The van der Waals surface area contributed by atoms with Gasteiger partial charge in [-0.1, -0.05) is 13.8 Å². The summed E-state index contributed by atoms with van der Waals surface area (Å²) in [6.45, 7) is 5.03. The Bertz CT molecular complexity index is 251. The predicted molar refractivity (Wildman–Crippen MR) is 64.9 cm³/mol. The van der Waals surface area contributed by atoms with E-state index in [0.29, 0.717) is 36.2 Å². The third kappa shape index (κ3) is 2.24. The predicted octanol–water partition coefficient (Wildman–Crippen LogP) is 1.76. The van der Waals surface area contributed by atoms with Crippen LogP contribution in [-0.4, -0.2) is 29.4 Å². The molecule has 2 aliphatic heterocycles. The number of nitrogens with two attached hydrogens (primary N) is 1. The lowest BCUT2D eigenvalue weighted by molar-refractivity contribution is -0.137. The van der Waals surface area contributed by atoms with E-state index in [-0.39, 0.29) is 0 Å². The van der Waals surface area contributed by atoms with Gasteiger partial charge in [-0.15, -0.1) is 0 Å². The van der Waals surface area contributed by atoms with Gasteiger partial charge in [0, 0.05) is 18.5 Å². The SMILES string of the molecule is CC(C)CC(=O)N1[C@H]2CC[C@H]1CC(CN)C2. The van der Waals surface area contributed by atoms with Crippen LogP contribution in [0.3, 0.4) is 0 Å². The number of rotatable bonds is 3. The first-order valence-corrected chi connectivity index (χ1v) is 6.63. The molecule has 2 rings (SSSR count). The first-order chi connectivity index (χ1) is 7.61. The van der Waals surface area contributed by atoms with E-state index in [4.69, 9.17) is 5.73 Å². The van der Waals surface area contributed by atoms with Crippen molar-refractivity contribution in [1.29, 1.82) is 0 Å². The molecular weight excluding hydrogens is 200 g/mol. The summed E-state index contributed by atoms with van der Waals surface area (Å²) >= 11 is 0. The van der Waals surface area contributed by atoms with Crippen LogP contribution in [0.25, 0.3) is 0 Å². The fraction of sp³-hybridized carbons (Fsp3) is 0.923. The Kier molecular flexibility index (Phi) is 3.53. The molecule has 2 bridgehead atoms. The molecule has 2 heterocycles. The monoisotopic (exact) mass is 224 g/mol. The summed E-state index contributed by atoms with van der Waals surface area (Å²) in [6.07, 6.45) is 5.38. The Morgan fingerprint density at radius 1 is 1.31 bits per heavy atom. The van der Waals surface area contributed by atoms with Gasteiger partial charge in [0.25, 0.3) is 0 Å². The number of fused-ring (bicyclic) bond motifs is 2. The van der Waals surface area contributed by atoms with E-state index in [9.17, 15) is 4.79 Å². The van der Waals surface area contributed by atoms with E-state index in [1.165, 1.54) is 12.8 Å². The number of amides is 1. The summed E-state index contributed by atoms with van der Waals surface area (Å²) in [5, 5.41) is 0. The fourth-order valence-corrected chi connectivity index (χ4v) is 3.34. The van der Waals surface area contributed by atoms with Crippen molar-refractivity contribution in [2.24, 2.45) is 17.6 Å². The third-order valence-electron chi connectivity index (χ3n) is 4.03. The zero-order chi connectivity index (χ0) is 11.7. The topological polar surface area (TPSA) is 46.3 Å². The summed E-state index contributed by atoms with van der Waals surface area (Å²) in [4.78, 5) is 14.3. The molecule has 0 unspecified atom stereocenters. The van der Waals surface area contributed by atoms with E-state index >= 15 is 0 Å². The largest absolute Gasteiger partial charge is 0.337 e. The molecule has 0 saturated carbocycles. The molecule has 2 N–H and O–H groups in total. The van der Waals surface area contributed by atoms with Crippen LogP contribution in [0.5, 0.6) is 0 Å². The minimum atomic E-state index is 0.373. The summed E-state index contributed by atoms with van der Waals surface area (Å²) in [7, 11) is 0. The Balaban J connectivity index is 2.00. The van der Waals surface area contributed by atoms with Crippen LogP contribution >= 0.6 is 0 Å². The lowest BCUT2D eigenvalue weighted by atomic mass is 9.90. The second kappa shape index (κ2) is 4.74. The van der Waals surface area contributed by atoms with Crippen molar-refractivity contribution < 1.29 is 4.79 Å². The van der Waals surface area contributed by atoms with Gasteiger partial charge in [0.15, 0.2) is 0 Å². The minimum Gasteiger partial charge on any atom is -0.337 e. The molecule has 0 spiro atoms. The average Bonchev–Trinajstić information content (AvgIpc) is 2.49. The highest BCUT2D eigenvalue weighted by Gasteiger charge is 2.42. The Hall–Kier alpha value is -0.570. The number of hydrogen-bond acceptors (Lipinski definition) is 2. The number of carbonyl (C=O) groups is 1. The Morgan fingerprint density at radius 2 is 1.88 bits per heavy atom. The quantitative estimate of drug-likeness (QED) is 0.794. The van der Waals surface area contributed by atoms with Crippen molar-refractivity contribution in [3.63, 3.8) is 0 Å². The highest BCUT2D eigenvalue weighted by Crippen LogP contribution is 2.38. The van der Waals surface area contributed by atoms with Gasteiger partial charge >= 0.3 is 0 Å². The van der Waals surface area contributed by atoms with Gasteiger partial charge in [0.05, 0.1) is 0 Å². The van der Waals surface area contributed by atoms with Gasteiger partial charge in [-0.25, -0.2) is 0 Å². The second-order valence-corrected chi connectivity index (χ2v) is 5.86. The number of carbonyl (C=O) groups excluding carboxylic acids is 1. The van der Waals surface area contributed by atoms with Crippen LogP contribution in [-0.2, 0) is 4.79 Å². The normalized spacial score (nSPS) is 33.5. The zero-order valence-electron chi connectivity index (χ0n) is 10.5. The first-order valence-electron chi connectivity index (χ1n) is 6.63. The van der Waals surface area contributed by atoms with Crippen LogP contribution in [0, 0.1) is 11.8 Å². The molecule has 3 heteroatoms. The van der Waals surface area contributed by atoms with Gasteiger partial charge < -0.3 is 10.6 Å². The molecule has 2 aliphatic rings. The van der Waals surface area contributed by atoms with Crippen molar-refractivity contribution in [2.45, 2.75) is 58.0 Å². The van der Waals surface area contributed by atoms with Crippen molar-refractivity contribution in [3.8, 4) is 0 Å². The van der Waals surface area contributed by atoms with Crippen LogP contribution in [0.15, 0.2) is 0 Å². The maximum atomic E-state index is 12.2. The second-order valence-electron chi connectivity index (χ2n) is 5.86. The molecule has 0 radical (unpaired) electrons. The van der Waals surface area contributed by atoms with Crippen LogP contribution in [0.2, 0.25) is 0 Å². The van der Waals surface area contributed by atoms with Gasteiger partial charge in [-0.2, -0.15) is 0 Å². The van der Waals surface area contributed by atoms with Crippen molar-refractivity contribution in [3.05, 3.63) is 0 Å². The molecule has 3 nitrogen and oxygen atoms in total. The highest BCUT2D eigenvalue weighted by atomic mass is 16.2. The molecule has 0 aromatic rings. The van der Waals surface area contributed by atoms with Gasteiger partial charge in [-0.3, -0.25) is 4.79 Å². The lowest BCUT2D eigenvalue weighted by Gasteiger charge is -2.39. The zero-order valence-corrected chi connectivity index (χ0v) is 10.5. The number of nitrogens with zero attached hydrogens (tertiary/aromatic N) is 1. The summed E-state index contributed by atoms with van der Waals surface area (Å²) in [5.74, 6) is 1.50. The van der Waals surface area contributed by atoms with Crippen LogP contribution in [0.1, 0.15) is 46.0 Å². The van der Waals surface area contributed by atoms with E-state index in [2.05, 4.69) is 18.7 Å².